The van der Waals surface area contributed by atoms with Crippen LogP contribution in [0.25, 0.3) is 0 Å². The topological polar surface area (TPSA) is 93.4 Å². The van der Waals surface area contributed by atoms with Crippen molar-refractivity contribution in [1.82, 2.24) is 9.97 Å². The van der Waals surface area contributed by atoms with Gasteiger partial charge in [-0.1, -0.05) is 6.07 Å². The summed E-state index contributed by atoms with van der Waals surface area (Å²) in [5, 5.41) is 14.3. The van der Waals surface area contributed by atoms with Crippen molar-refractivity contribution >= 4 is 17.3 Å². The molecule has 2 unspecified atom stereocenters. The summed E-state index contributed by atoms with van der Waals surface area (Å²) >= 11 is 0. The van der Waals surface area contributed by atoms with Crippen molar-refractivity contribution < 1.29 is 27.2 Å². The Kier molecular flexibility index (Phi) is 6.06. The Morgan fingerprint density at radius 3 is 2.53 bits per heavy atom. The van der Waals surface area contributed by atoms with E-state index in [1.54, 1.807) is 4.90 Å². The van der Waals surface area contributed by atoms with Crippen LogP contribution >= 0.6 is 0 Å². The van der Waals surface area contributed by atoms with Crippen molar-refractivity contribution in [1.29, 1.82) is 0 Å². The number of rotatable bonds is 5. The normalized spacial score (nSPS) is 19.6. The van der Waals surface area contributed by atoms with Crippen LogP contribution in [0.5, 0.6) is 0 Å². The summed E-state index contributed by atoms with van der Waals surface area (Å²) in [6.45, 7) is 3.92. The van der Waals surface area contributed by atoms with E-state index in [2.05, 4.69) is 15.3 Å². The van der Waals surface area contributed by atoms with Crippen molar-refractivity contribution in [2.24, 2.45) is 0 Å². The predicted molar refractivity (Wildman–Crippen MR) is 99.6 cm³/mol. The lowest BCUT2D eigenvalue weighted by Gasteiger charge is -2.35. The molecule has 1 N–H and O–H groups in total. The Bertz CT molecular complexity index is 931. The Labute approximate surface area is 169 Å². The number of halogens is 4. The quantitative estimate of drug-likeness (QED) is 0.439. The Balaban J connectivity index is 1.92. The molecule has 162 valence electrons. The summed E-state index contributed by atoms with van der Waals surface area (Å²) < 4.78 is 58.5. The molecule has 1 fully saturated rings. The van der Waals surface area contributed by atoms with E-state index in [9.17, 15) is 27.7 Å². The van der Waals surface area contributed by atoms with Crippen LogP contribution in [-0.4, -0.2) is 40.2 Å². The summed E-state index contributed by atoms with van der Waals surface area (Å²) in [6, 6.07) is 2.25. The van der Waals surface area contributed by atoms with Gasteiger partial charge in [0.25, 0.3) is 0 Å². The summed E-state index contributed by atoms with van der Waals surface area (Å²) in [7, 11) is 0. The van der Waals surface area contributed by atoms with E-state index < -0.39 is 34.7 Å². The van der Waals surface area contributed by atoms with E-state index >= 15 is 0 Å². The van der Waals surface area contributed by atoms with Gasteiger partial charge >= 0.3 is 11.9 Å². The number of nitrogens with zero attached hydrogens (tertiary/aromatic N) is 4. The van der Waals surface area contributed by atoms with Gasteiger partial charge in [0.15, 0.2) is 0 Å². The maximum absolute atomic E-state index is 13.3. The SMILES string of the molecule is CC1CN(c2ncnc(NCc3ccc(F)cc3C(F)(F)F)c2[N+](=O)[O-])CC(C)O1. The van der Waals surface area contributed by atoms with Gasteiger partial charge < -0.3 is 15.0 Å². The fourth-order valence-electron chi connectivity index (χ4n) is 3.39. The van der Waals surface area contributed by atoms with Gasteiger partial charge in [-0.2, -0.15) is 13.2 Å². The number of aromatic nitrogens is 2. The minimum absolute atomic E-state index is 0.0506. The van der Waals surface area contributed by atoms with Crippen molar-refractivity contribution in [2.45, 2.75) is 38.8 Å². The second-order valence-electron chi connectivity index (χ2n) is 6.97. The molecule has 2 heterocycles. The molecule has 12 heteroatoms. The van der Waals surface area contributed by atoms with E-state index in [1.807, 2.05) is 13.8 Å². The number of nitrogens with one attached hydrogen (secondary N) is 1. The number of alkyl halides is 3. The summed E-state index contributed by atoms with van der Waals surface area (Å²) in [5.74, 6) is -1.21. The molecular formula is C18H19F4N5O3. The highest BCUT2D eigenvalue weighted by atomic mass is 19.4. The molecule has 0 saturated carbocycles. The molecule has 0 spiro atoms. The zero-order valence-electron chi connectivity index (χ0n) is 16.1. The molecule has 30 heavy (non-hydrogen) atoms. The molecule has 0 radical (unpaired) electrons. The van der Waals surface area contributed by atoms with Gasteiger partial charge in [0, 0.05) is 19.6 Å². The molecule has 0 bridgehead atoms. The number of benzene rings is 1. The summed E-state index contributed by atoms with van der Waals surface area (Å²) in [5.41, 5.74) is -1.88. The standard InChI is InChI=1S/C18H19F4N5O3/c1-10-7-26(8-11(2)30-10)17-15(27(28)29)16(24-9-25-17)23-6-12-3-4-13(19)5-14(12)18(20,21)22/h3-5,9-11H,6-8H2,1-2H3,(H,23,24,25). The highest BCUT2D eigenvalue weighted by Gasteiger charge is 2.35. The van der Waals surface area contributed by atoms with E-state index in [4.69, 9.17) is 4.74 Å². The van der Waals surface area contributed by atoms with Gasteiger partial charge in [-0.15, -0.1) is 0 Å². The lowest BCUT2D eigenvalue weighted by Crippen LogP contribution is -2.46. The van der Waals surface area contributed by atoms with Crippen LogP contribution < -0.4 is 10.2 Å². The molecule has 3 rings (SSSR count). The third kappa shape index (κ3) is 4.75. The summed E-state index contributed by atoms with van der Waals surface area (Å²) in [4.78, 5) is 20.6. The maximum atomic E-state index is 13.3. The highest BCUT2D eigenvalue weighted by Crippen LogP contribution is 2.35. The highest BCUT2D eigenvalue weighted by molar-refractivity contribution is 5.70. The summed E-state index contributed by atoms with van der Waals surface area (Å²) in [6.07, 6.45) is -4.05. The van der Waals surface area contributed by atoms with Crippen molar-refractivity contribution in [3.05, 3.63) is 51.6 Å². The first-order chi connectivity index (χ1) is 14.1. The number of hydrogen-bond acceptors (Lipinski definition) is 7. The number of hydrogen-bond donors (Lipinski definition) is 1. The Morgan fingerprint density at radius 2 is 1.93 bits per heavy atom. The van der Waals surface area contributed by atoms with E-state index in [0.29, 0.717) is 19.2 Å². The number of morpholine rings is 1. The largest absolute Gasteiger partial charge is 0.416 e. The van der Waals surface area contributed by atoms with Gasteiger partial charge in [0.2, 0.25) is 11.6 Å². The van der Waals surface area contributed by atoms with Gasteiger partial charge in [-0.25, -0.2) is 14.4 Å². The van der Waals surface area contributed by atoms with Crippen LogP contribution in [0.15, 0.2) is 24.5 Å². The molecule has 2 aromatic rings. The van der Waals surface area contributed by atoms with Crippen molar-refractivity contribution in [3.8, 4) is 0 Å². The molecule has 1 aliphatic heterocycles. The first kappa shape index (κ1) is 21.7. The van der Waals surface area contributed by atoms with Gasteiger partial charge in [-0.05, 0) is 31.5 Å². The predicted octanol–water partition coefficient (Wildman–Crippen LogP) is 3.77. The van der Waals surface area contributed by atoms with Crippen LogP contribution in [-0.2, 0) is 17.5 Å². The molecule has 0 aliphatic carbocycles. The van der Waals surface area contributed by atoms with Crippen LogP contribution in [0, 0.1) is 15.9 Å². The average molecular weight is 429 g/mol. The Hall–Kier alpha value is -3.02. The number of nitro groups is 1. The molecule has 2 atom stereocenters. The molecule has 0 amide bonds. The van der Waals surface area contributed by atoms with Crippen molar-refractivity contribution in [3.63, 3.8) is 0 Å². The molecule has 1 aromatic heterocycles. The van der Waals surface area contributed by atoms with Crippen molar-refractivity contribution in [2.75, 3.05) is 23.3 Å². The van der Waals surface area contributed by atoms with Crippen LogP contribution in [0.2, 0.25) is 0 Å². The van der Waals surface area contributed by atoms with Gasteiger partial charge in [-0.3, -0.25) is 10.1 Å². The number of ether oxygens (including phenoxy) is 1. The lowest BCUT2D eigenvalue weighted by atomic mass is 10.1. The lowest BCUT2D eigenvalue weighted by molar-refractivity contribution is -0.383. The molecule has 8 nitrogen and oxygen atoms in total. The molecule has 1 aliphatic rings. The molecule has 1 saturated heterocycles. The monoisotopic (exact) mass is 429 g/mol. The molecular weight excluding hydrogens is 410 g/mol. The first-order valence-corrected chi connectivity index (χ1v) is 9.05. The fraction of sp³-hybridized carbons (Fsp3) is 0.444. The van der Waals surface area contributed by atoms with E-state index in [0.717, 1.165) is 18.5 Å². The second kappa shape index (κ2) is 8.38. The minimum Gasteiger partial charge on any atom is -0.372 e. The van der Waals surface area contributed by atoms with E-state index in [-0.39, 0.29) is 29.4 Å². The fourth-order valence-corrected chi connectivity index (χ4v) is 3.39. The third-order valence-electron chi connectivity index (χ3n) is 4.53. The van der Waals surface area contributed by atoms with Crippen LogP contribution in [0.3, 0.4) is 0 Å². The minimum atomic E-state index is -4.78. The van der Waals surface area contributed by atoms with Gasteiger partial charge in [0.05, 0.1) is 22.7 Å². The Morgan fingerprint density at radius 1 is 1.27 bits per heavy atom. The van der Waals surface area contributed by atoms with E-state index in [1.165, 1.54) is 0 Å². The molecule has 1 aromatic carbocycles. The first-order valence-electron chi connectivity index (χ1n) is 9.05. The number of anilines is 2. The maximum Gasteiger partial charge on any atom is 0.416 e. The third-order valence-corrected chi connectivity index (χ3v) is 4.53. The zero-order valence-corrected chi connectivity index (χ0v) is 16.1. The second-order valence-corrected chi connectivity index (χ2v) is 6.97. The zero-order chi connectivity index (χ0) is 22.1. The smallest absolute Gasteiger partial charge is 0.372 e. The van der Waals surface area contributed by atoms with Gasteiger partial charge in [0.1, 0.15) is 12.1 Å². The van der Waals surface area contributed by atoms with Crippen LogP contribution in [0.4, 0.5) is 34.9 Å². The average Bonchev–Trinajstić information content (AvgIpc) is 2.65. The van der Waals surface area contributed by atoms with Crippen LogP contribution in [0.1, 0.15) is 25.0 Å².